The van der Waals surface area contributed by atoms with Crippen molar-refractivity contribution in [2.45, 2.75) is 6.92 Å². The Morgan fingerprint density at radius 1 is 1.08 bits per heavy atom. The van der Waals surface area contributed by atoms with E-state index in [1.807, 2.05) is 55.5 Å². The maximum atomic E-state index is 5.93. The van der Waals surface area contributed by atoms with Crippen molar-refractivity contribution in [1.29, 1.82) is 0 Å². The van der Waals surface area contributed by atoms with Crippen LogP contribution in [0.1, 0.15) is 11.3 Å². The Hall–Kier alpha value is -3.28. The molecule has 0 saturated carbocycles. The lowest BCUT2D eigenvalue weighted by molar-refractivity contribution is 0.413. The molecule has 0 aliphatic heterocycles. The number of hydrogen-bond donors (Lipinski definition) is 1. The molecule has 3 rings (SSSR count). The van der Waals surface area contributed by atoms with Gasteiger partial charge in [-0.25, -0.2) is 9.66 Å². The minimum absolute atomic E-state index is 0.345. The van der Waals surface area contributed by atoms with Crippen molar-refractivity contribution in [3.05, 3.63) is 66.0 Å². The first-order valence-electron chi connectivity index (χ1n) is 7.42. The third kappa shape index (κ3) is 3.55. The number of para-hydroxylation sites is 1. The van der Waals surface area contributed by atoms with E-state index in [-0.39, 0.29) is 0 Å². The van der Waals surface area contributed by atoms with E-state index in [0.717, 1.165) is 22.8 Å². The number of nitrogens with zero attached hydrogens (tertiary/aromatic N) is 3. The fourth-order valence-electron chi connectivity index (χ4n) is 2.17. The lowest BCUT2D eigenvalue weighted by Gasteiger charge is -2.09. The van der Waals surface area contributed by atoms with E-state index in [9.17, 15) is 0 Å². The van der Waals surface area contributed by atoms with Gasteiger partial charge in [0.1, 0.15) is 17.2 Å². The zero-order chi connectivity index (χ0) is 16.9. The lowest BCUT2D eigenvalue weighted by Crippen LogP contribution is -1.98. The largest absolute Gasteiger partial charge is 0.497 e. The van der Waals surface area contributed by atoms with Gasteiger partial charge >= 0.3 is 0 Å². The van der Waals surface area contributed by atoms with Crippen molar-refractivity contribution in [3.8, 4) is 17.2 Å². The summed E-state index contributed by atoms with van der Waals surface area (Å²) in [7, 11) is 1.63. The van der Waals surface area contributed by atoms with Crippen LogP contribution in [-0.2, 0) is 0 Å². The van der Waals surface area contributed by atoms with E-state index in [0.29, 0.717) is 11.7 Å². The molecule has 0 saturated heterocycles. The van der Waals surface area contributed by atoms with E-state index >= 15 is 0 Å². The number of methoxy groups -OCH3 is 1. The quantitative estimate of drug-likeness (QED) is 0.730. The molecule has 2 aromatic carbocycles. The molecule has 6 nitrogen and oxygen atoms in total. The molecular weight excluding hydrogens is 304 g/mol. The summed E-state index contributed by atoms with van der Waals surface area (Å²) in [5, 5.41) is 4.33. The number of imidazole rings is 1. The highest BCUT2D eigenvalue weighted by atomic mass is 16.5. The van der Waals surface area contributed by atoms with Crippen molar-refractivity contribution in [1.82, 2.24) is 9.66 Å². The number of ether oxygens (including phenoxy) is 2. The Labute approximate surface area is 140 Å². The summed E-state index contributed by atoms with van der Waals surface area (Å²) in [5.41, 5.74) is 7.43. The van der Waals surface area contributed by atoms with Gasteiger partial charge in [0.15, 0.2) is 0 Å². The van der Waals surface area contributed by atoms with Gasteiger partial charge in [-0.05, 0) is 43.3 Å². The number of nitrogen functional groups attached to an aromatic ring is 1. The van der Waals surface area contributed by atoms with Crippen molar-refractivity contribution in [3.63, 3.8) is 0 Å². The Balaban J connectivity index is 1.83. The van der Waals surface area contributed by atoms with Crippen LogP contribution in [0.5, 0.6) is 17.2 Å². The molecule has 0 fully saturated rings. The van der Waals surface area contributed by atoms with Gasteiger partial charge in [-0.3, -0.25) is 0 Å². The molecule has 0 unspecified atom stereocenters. The van der Waals surface area contributed by atoms with Gasteiger partial charge in [0.2, 0.25) is 5.95 Å². The molecule has 24 heavy (non-hydrogen) atoms. The smallest absolute Gasteiger partial charge is 0.221 e. The highest BCUT2D eigenvalue weighted by Gasteiger charge is 2.04. The third-order valence-corrected chi connectivity index (χ3v) is 3.36. The van der Waals surface area contributed by atoms with Gasteiger partial charge in [-0.2, -0.15) is 5.10 Å². The zero-order valence-corrected chi connectivity index (χ0v) is 13.5. The number of aromatic nitrogens is 2. The average Bonchev–Trinajstić information content (AvgIpc) is 2.92. The molecule has 0 spiro atoms. The Morgan fingerprint density at radius 3 is 2.46 bits per heavy atom. The summed E-state index contributed by atoms with van der Waals surface area (Å²) >= 11 is 0. The van der Waals surface area contributed by atoms with Crippen LogP contribution in [0.2, 0.25) is 0 Å². The van der Waals surface area contributed by atoms with Crippen LogP contribution in [0.15, 0.2) is 59.8 Å². The first-order valence-corrected chi connectivity index (χ1v) is 7.42. The van der Waals surface area contributed by atoms with Crippen LogP contribution >= 0.6 is 0 Å². The molecule has 3 aromatic rings. The van der Waals surface area contributed by atoms with E-state index in [4.69, 9.17) is 15.2 Å². The first kappa shape index (κ1) is 15.6. The normalized spacial score (nSPS) is 10.9. The fourth-order valence-corrected chi connectivity index (χ4v) is 2.17. The van der Waals surface area contributed by atoms with Crippen LogP contribution in [-0.4, -0.2) is 23.0 Å². The van der Waals surface area contributed by atoms with Gasteiger partial charge in [0.05, 0.1) is 25.2 Å². The maximum Gasteiger partial charge on any atom is 0.221 e. The highest BCUT2D eigenvalue weighted by Crippen LogP contribution is 2.26. The minimum atomic E-state index is 0.345. The molecule has 1 aromatic heterocycles. The molecule has 6 heteroatoms. The van der Waals surface area contributed by atoms with E-state index in [1.165, 1.54) is 4.68 Å². The van der Waals surface area contributed by atoms with Gasteiger partial charge in [-0.15, -0.1) is 0 Å². The van der Waals surface area contributed by atoms with Gasteiger partial charge in [0.25, 0.3) is 0 Å². The van der Waals surface area contributed by atoms with Gasteiger partial charge in [0, 0.05) is 5.56 Å². The summed E-state index contributed by atoms with van der Waals surface area (Å²) in [5.74, 6) is 2.54. The molecule has 0 aliphatic rings. The molecule has 1 heterocycles. The number of benzene rings is 2. The standard InChI is InChI=1S/C18H18N4O2/c1-13-12-22(18(19)21-13)20-11-14-5-3-4-6-17(14)24-16-9-7-15(23-2)8-10-16/h3-12H,1-2H3,(H2,19,21). The minimum Gasteiger partial charge on any atom is -0.497 e. The number of aryl methyl sites for hydroxylation is 1. The average molecular weight is 322 g/mol. The molecule has 0 bridgehead atoms. The molecule has 0 aliphatic carbocycles. The van der Waals surface area contributed by atoms with Crippen LogP contribution in [0.3, 0.4) is 0 Å². The number of anilines is 1. The predicted octanol–water partition coefficient (Wildman–Crippen LogP) is 3.46. The maximum absolute atomic E-state index is 5.93. The third-order valence-electron chi connectivity index (χ3n) is 3.36. The fraction of sp³-hybridized carbons (Fsp3) is 0.111. The SMILES string of the molecule is COc1ccc(Oc2ccccc2C=Nn2cc(C)nc2N)cc1. The van der Waals surface area contributed by atoms with E-state index in [2.05, 4.69) is 10.1 Å². The Bertz CT molecular complexity index is 854. The van der Waals surface area contributed by atoms with Crippen LogP contribution < -0.4 is 15.2 Å². The first-order chi connectivity index (χ1) is 11.7. The van der Waals surface area contributed by atoms with Crippen molar-refractivity contribution in [2.24, 2.45) is 5.10 Å². The summed E-state index contributed by atoms with van der Waals surface area (Å²) in [6, 6.07) is 15.0. The monoisotopic (exact) mass is 322 g/mol. The molecule has 122 valence electrons. The number of nitrogens with two attached hydrogens (primary N) is 1. The van der Waals surface area contributed by atoms with Crippen molar-refractivity contribution < 1.29 is 9.47 Å². The predicted molar refractivity (Wildman–Crippen MR) is 93.9 cm³/mol. The number of rotatable bonds is 5. The highest BCUT2D eigenvalue weighted by molar-refractivity contribution is 5.83. The molecule has 0 atom stereocenters. The van der Waals surface area contributed by atoms with Crippen molar-refractivity contribution in [2.75, 3.05) is 12.8 Å². The van der Waals surface area contributed by atoms with Gasteiger partial charge in [-0.1, -0.05) is 12.1 Å². The number of hydrogen-bond acceptors (Lipinski definition) is 5. The molecular formula is C18H18N4O2. The lowest BCUT2D eigenvalue weighted by atomic mass is 10.2. The topological polar surface area (TPSA) is 74.7 Å². The summed E-state index contributed by atoms with van der Waals surface area (Å²) in [4.78, 5) is 4.11. The second-order valence-corrected chi connectivity index (χ2v) is 5.15. The summed E-state index contributed by atoms with van der Waals surface area (Å²) in [6.07, 6.45) is 3.45. The molecule has 0 radical (unpaired) electrons. The zero-order valence-electron chi connectivity index (χ0n) is 13.5. The van der Waals surface area contributed by atoms with E-state index < -0.39 is 0 Å². The molecule has 2 N–H and O–H groups in total. The van der Waals surface area contributed by atoms with Crippen LogP contribution in [0.4, 0.5) is 5.95 Å². The van der Waals surface area contributed by atoms with E-state index in [1.54, 1.807) is 19.5 Å². The van der Waals surface area contributed by atoms with Gasteiger partial charge < -0.3 is 15.2 Å². The Morgan fingerprint density at radius 2 is 1.79 bits per heavy atom. The summed E-state index contributed by atoms with van der Waals surface area (Å²) in [6.45, 7) is 1.86. The second-order valence-electron chi connectivity index (χ2n) is 5.15. The van der Waals surface area contributed by atoms with Crippen LogP contribution in [0.25, 0.3) is 0 Å². The van der Waals surface area contributed by atoms with Crippen LogP contribution in [0, 0.1) is 6.92 Å². The van der Waals surface area contributed by atoms with Crippen molar-refractivity contribution >= 4 is 12.2 Å². The second kappa shape index (κ2) is 6.87. The molecule has 0 amide bonds. The Kier molecular flexibility index (Phi) is 4.47. The summed E-state index contributed by atoms with van der Waals surface area (Å²) < 4.78 is 12.6.